The predicted molar refractivity (Wildman–Crippen MR) is 69.2 cm³/mol. The Hall–Kier alpha value is -2.09. The van der Waals surface area contributed by atoms with E-state index in [-0.39, 0.29) is 17.0 Å². The molecule has 0 spiro atoms. The van der Waals surface area contributed by atoms with Crippen LogP contribution in [0.5, 0.6) is 5.75 Å². The molecule has 0 saturated carbocycles. The number of hydrogen-bond acceptors (Lipinski definition) is 6. The molecule has 0 radical (unpaired) electrons. The quantitative estimate of drug-likeness (QED) is 0.452. The highest BCUT2D eigenvalue weighted by Crippen LogP contribution is 2.33. The minimum atomic E-state index is -3.04. The molecule has 0 saturated heterocycles. The fraction of sp³-hybridized carbons (Fsp3) is 0.417. The summed E-state index contributed by atoms with van der Waals surface area (Å²) < 4.78 is 38.3. The highest BCUT2D eigenvalue weighted by Gasteiger charge is 2.17. The Labute approximate surface area is 114 Å². The monoisotopic (exact) mass is 290 g/mol. The van der Waals surface area contributed by atoms with E-state index >= 15 is 0 Å². The summed E-state index contributed by atoms with van der Waals surface area (Å²) in [7, 11) is 2.70. The third-order valence-electron chi connectivity index (χ3n) is 2.40. The fourth-order valence-electron chi connectivity index (χ4n) is 1.49. The van der Waals surface area contributed by atoms with E-state index in [1.807, 2.05) is 0 Å². The molecule has 0 fully saturated rings. The molecule has 0 aromatic heterocycles. The molecule has 0 aliphatic rings. The van der Waals surface area contributed by atoms with Crippen molar-refractivity contribution < 1.29 is 27.8 Å². The van der Waals surface area contributed by atoms with E-state index in [1.165, 1.54) is 20.3 Å². The highest BCUT2D eigenvalue weighted by atomic mass is 19.3. The lowest BCUT2D eigenvalue weighted by molar-refractivity contribution is -0.0493. The molecule has 0 unspecified atom stereocenters. The van der Waals surface area contributed by atoms with E-state index in [0.29, 0.717) is 18.8 Å². The molecule has 0 aliphatic heterocycles. The molecule has 1 rings (SSSR count). The molecule has 0 atom stereocenters. The fourth-order valence-corrected chi connectivity index (χ4v) is 1.49. The van der Waals surface area contributed by atoms with E-state index < -0.39 is 12.6 Å². The van der Waals surface area contributed by atoms with Crippen LogP contribution in [0.4, 0.5) is 20.2 Å². The Morgan fingerprint density at radius 3 is 2.65 bits per heavy atom. The Morgan fingerprint density at radius 1 is 1.40 bits per heavy atom. The number of rotatable bonds is 7. The van der Waals surface area contributed by atoms with Crippen molar-refractivity contribution in [3.63, 3.8) is 0 Å². The maximum absolute atomic E-state index is 12.3. The first-order valence-corrected chi connectivity index (χ1v) is 5.69. The second-order valence-corrected chi connectivity index (χ2v) is 3.73. The van der Waals surface area contributed by atoms with E-state index in [0.717, 1.165) is 6.07 Å². The largest absolute Gasteiger partial charge is 0.465 e. The van der Waals surface area contributed by atoms with Crippen molar-refractivity contribution in [3.8, 4) is 5.75 Å². The van der Waals surface area contributed by atoms with Gasteiger partial charge >= 0.3 is 12.6 Å². The molecule has 1 aromatic rings. The Morgan fingerprint density at radius 2 is 2.10 bits per heavy atom. The van der Waals surface area contributed by atoms with E-state index in [9.17, 15) is 13.6 Å². The molecule has 0 amide bonds. The van der Waals surface area contributed by atoms with Gasteiger partial charge in [-0.05, 0) is 12.1 Å². The van der Waals surface area contributed by atoms with Crippen molar-refractivity contribution in [1.82, 2.24) is 0 Å². The number of carbonyl (C=O) groups is 1. The van der Waals surface area contributed by atoms with Gasteiger partial charge in [0.15, 0.2) is 5.75 Å². The first kappa shape index (κ1) is 16.0. The summed E-state index contributed by atoms with van der Waals surface area (Å²) in [5.74, 6) is -0.971. The van der Waals surface area contributed by atoms with Crippen molar-refractivity contribution >= 4 is 17.3 Å². The topological polar surface area (TPSA) is 82.8 Å². The SMILES string of the molecule is COCCNc1cc(C(=O)OC)cc(OC(F)F)c1N. The number of anilines is 2. The van der Waals surface area contributed by atoms with Crippen LogP contribution in [0.15, 0.2) is 12.1 Å². The first-order chi connectivity index (χ1) is 9.49. The summed E-state index contributed by atoms with van der Waals surface area (Å²) in [6.45, 7) is -2.27. The van der Waals surface area contributed by atoms with Crippen LogP contribution in [-0.2, 0) is 9.47 Å². The number of esters is 1. The normalized spacial score (nSPS) is 10.4. The van der Waals surface area contributed by atoms with E-state index in [4.69, 9.17) is 10.5 Å². The molecule has 0 aliphatic carbocycles. The van der Waals surface area contributed by atoms with Crippen LogP contribution in [0, 0.1) is 0 Å². The molecule has 0 heterocycles. The van der Waals surface area contributed by atoms with Crippen LogP contribution in [0.1, 0.15) is 10.4 Å². The van der Waals surface area contributed by atoms with Gasteiger partial charge in [-0.15, -0.1) is 0 Å². The Kier molecular flexibility index (Phi) is 5.98. The first-order valence-electron chi connectivity index (χ1n) is 5.69. The average Bonchev–Trinajstić information content (AvgIpc) is 2.41. The van der Waals surface area contributed by atoms with Crippen molar-refractivity contribution in [2.24, 2.45) is 0 Å². The van der Waals surface area contributed by atoms with Crippen LogP contribution < -0.4 is 15.8 Å². The van der Waals surface area contributed by atoms with Crippen LogP contribution in [0.25, 0.3) is 0 Å². The van der Waals surface area contributed by atoms with Crippen LogP contribution in [-0.4, -0.2) is 40.0 Å². The van der Waals surface area contributed by atoms with Crippen LogP contribution >= 0.6 is 0 Å². The second kappa shape index (κ2) is 7.49. The van der Waals surface area contributed by atoms with Gasteiger partial charge in [-0.25, -0.2) is 4.79 Å². The van der Waals surface area contributed by atoms with Gasteiger partial charge in [-0.1, -0.05) is 0 Å². The average molecular weight is 290 g/mol. The van der Waals surface area contributed by atoms with Gasteiger partial charge in [-0.2, -0.15) is 8.78 Å². The van der Waals surface area contributed by atoms with Crippen molar-refractivity contribution in [1.29, 1.82) is 0 Å². The number of carbonyl (C=O) groups excluding carboxylic acids is 1. The molecular formula is C12H16F2N2O4. The number of nitrogens with one attached hydrogen (secondary N) is 1. The van der Waals surface area contributed by atoms with Gasteiger partial charge in [0.2, 0.25) is 0 Å². The van der Waals surface area contributed by atoms with Gasteiger partial charge in [0, 0.05) is 13.7 Å². The maximum atomic E-state index is 12.3. The van der Waals surface area contributed by atoms with Gasteiger partial charge in [0.05, 0.1) is 30.7 Å². The molecule has 8 heteroatoms. The smallest absolute Gasteiger partial charge is 0.387 e. The molecular weight excluding hydrogens is 274 g/mol. The molecule has 20 heavy (non-hydrogen) atoms. The number of ether oxygens (including phenoxy) is 3. The minimum Gasteiger partial charge on any atom is -0.465 e. The van der Waals surface area contributed by atoms with Gasteiger partial charge in [0.25, 0.3) is 0 Å². The van der Waals surface area contributed by atoms with Crippen molar-refractivity contribution in [2.75, 3.05) is 38.4 Å². The molecule has 1 aromatic carbocycles. The third kappa shape index (κ3) is 4.23. The molecule has 3 N–H and O–H groups in total. The number of benzene rings is 1. The van der Waals surface area contributed by atoms with E-state index in [1.54, 1.807) is 0 Å². The highest BCUT2D eigenvalue weighted by molar-refractivity contribution is 5.93. The lowest BCUT2D eigenvalue weighted by Gasteiger charge is -2.15. The second-order valence-electron chi connectivity index (χ2n) is 3.73. The third-order valence-corrected chi connectivity index (χ3v) is 2.40. The maximum Gasteiger partial charge on any atom is 0.387 e. The number of nitrogen functional groups attached to an aromatic ring is 1. The van der Waals surface area contributed by atoms with Crippen LogP contribution in [0.3, 0.4) is 0 Å². The summed E-state index contributed by atoms with van der Waals surface area (Å²) in [4.78, 5) is 11.5. The number of alkyl halides is 2. The lowest BCUT2D eigenvalue weighted by Crippen LogP contribution is -2.13. The number of hydrogen-bond donors (Lipinski definition) is 2. The molecule has 0 bridgehead atoms. The Bertz CT molecular complexity index is 469. The van der Waals surface area contributed by atoms with E-state index in [2.05, 4.69) is 14.8 Å². The summed E-state index contributed by atoms with van der Waals surface area (Å²) in [6.07, 6.45) is 0. The summed E-state index contributed by atoms with van der Waals surface area (Å²) in [5, 5.41) is 2.86. The van der Waals surface area contributed by atoms with Gasteiger partial charge in [0.1, 0.15) is 0 Å². The Balaban J connectivity index is 3.09. The van der Waals surface area contributed by atoms with Gasteiger partial charge < -0.3 is 25.3 Å². The zero-order valence-electron chi connectivity index (χ0n) is 11.1. The lowest BCUT2D eigenvalue weighted by atomic mass is 10.1. The summed E-state index contributed by atoms with van der Waals surface area (Å²) in [6, 6.07) is 2.50. The van der Waals surface area contributed by atoms with Crippen molar-refractivity contribution in [2.45, 2.75) is 6.61 Å². The summed E-state index contributed by atoms with van der Waals surface area (Å²) >= 11 is 0. The zero-order chi connectivity index (χ0) is 15.1. The minimum absolute atomic E-state index is 0.0194. The zero-order valence-corrected chi connectivity index (χ0v) is 11.1. The van der Waals surface area contributed by atoms with Crippen molar-refractivity contribution in [3.05, 3.63) is 17.7 Å². The number of methoxy groups -OCH3 is 2. The standard InChI is InChI=1S/C12H16F2N2O4/c1-18-4-3-16-8-5-7(11(17)19-2)6-9(10(8)15)20-12(13)14/h5-6,12,16H,3-4,15H2,1-2H3. The van der Waals surface area contributed by atoms with Crippen LogP contribution in [0.2, 0.25) is 0 Å². The predicted octanol–water partition coefficient (Wildman–Crippen LogP) is 1.72. The number of halogens is 2. The summed E-state index contributed by atoms with van der Waals surface area (Å²) in [5.41, 5.74) is 6.04. The molecule has 112 valence electrons. The van der Waals surface area contributed by atoms with Gasteiger partial charge in [-0.3, -0.25) is 0 Å². The molecule has 6 nitrogen and oxygen atoms in total. The number of nitrogens with two attached hydrogens (primary N) is 1.